The SMILES string of the molecule is O=C(O)Cn1cc(NC(=O)c2ccccc2Br)nn1. The number of aliphatic carboxylic acids is 1. The summed E-state index contributed by atoms with van der Waals surface area (Å²) in [5.74, 6) is -1.19. The molecule has 0 atom stereocenters. The molecule has 0 spiro atoms. The zero-order valence-electron chi connectivity index (χ0n) is 9.58. The summed E-state index contributed by atoms with van der Waals surface area (Å²) in [7, 11) is 0. The van der Waals surface area contributed by atoms with Crippen LogP contribution in [0.25, 0.3) is 0 Å². The number of rotatable bonds is 4. The maximum atomic E-state index is 11.9. The van der Waals surface area contributed by atoms with E-state index in [4.69, 9.17) is 5.11 Å². The first-order valence-corrected chi connectivity index (χ1v) is 6.03. The summed E-state index contributed by atoms with van der Waals surface area (Å²) in [5.41, 5.74) is 0.454. The van der Waals surface area contributed by atoms with E-state index < -0.39 is 5.97 Å². The number of carbonyl (C=O) groups is 2. The van der Waals surface area contributed by atoms with E-state index in [2.05, 4.69) is 31.6 Å². The van der Waals surface area contributed by atoms with Crippen molar-refractivity contribution in [2.75, 3.05) is 5.32 Å². The van der Waals surface area contributed by atoms with E-state index in [1.54, 1.807) is 24.3 Å². The van der Waals surface area contributed by atoms with E-state index in [0.717, 1.165) is 4.68 Å². The Morgan fingerprint density at radius 1 is 1.37 bits per heavy atom. The fourth-order valence-corrected chi connectivity index (χ4v) is 1.87. The molecule has 0 bridgehead atoms. The Morgan fingerprint density at radius 2 is 2.11 bits per heavy atom. The van der Waals surface area contributed by atoms with Crippen LogP contribution < -0.4 is 5.32 Å². The van der Waals surface area contributed by atoms with Crippen molar-refractivity contribution in [3.05, 3.63) is 40.5 Å². The molecule has 7 nitrogen and oxygen atoms in total. The second-order valence-electron chi connectivity index (χ2n) is 3.63. The molecule has 2 N–H and O–H groups in total. The molecule has 0 saturated carbocycles. The number of carboxylic acid groups (broad SMARTS) is 1. The van der Waals surface area contributed by atoms with Crippen LogP contribution in [0.3, 0.4) is 0 Å². The summed E-state index contributed by atoms with van der Waals surface area (Å²) in [5, 5.41) is 18.4. The fourth-order valence-electron chi connectivity index (χ4n) is 1.40. The van der Waals surface area contributed by atoms with Crippen LogP contribution in [-0.2, 0) is 11.3 Å². The minimum absolute atomic E-state index is 0.196. The summed E-state index contributed by atoms with van der Waals surface area (Å²) >= 11 is 3.27. The van der Waals surface area contributed by atoms with Gasteiger partial charge in [0.2, 0.25) is 0 Å². The Balaban J connectivity index is 2.09. The van der Waals surface area contributed by atoms with Gasteiger partial charge < -0.3 is 10.4 Å². The number of nitrogens with zero attached hydrogens (tertiary/aromatic N) is 3. The maximum Gasteiger partial charge on any atom is 0.325 e. The van der Waals surface area contributed by atoms with Crippen molar-refractivity contribution < 1.29 is 14.7 Å². The smallest absolute Gasteiger partial charge is 0.325 e. The van der Waals surface area contributed by atoms with Crippen molar-refractivity contribution in [3.63, 3.8) is 0 Å². The van der Waals surface area contributed by atoms with Crippen LogP contribution in [0, 0.1) is 0 Å². The molecule has 19 heavy (non-hydrogen) atoms. The van der Waals surface area contributed by atoms with Gasteiger partial charge in [0.1, 0.15) is 6.54 Å². The largest absolute Gasteiger partial charge is 0.480 e. The average molecular weight is 325 g/mol. The molecule has 0 aliphatic rings. The van der Waals surface area contributed by atoms with E-state index >= 15 is 0 Å². The van der Waals surface area contributed by atoms with Crippen molar-refractivity contribution in [2.24, 2.45) is 0 Å². The molecular formula is C11H9BrN4O3. The molecule has 1 aromatic carbocycles. The third-order valence-corrected chi connectivity index (χ3v) is 2.89. The molecule has 1 aromatic heterocycles. The van der Waals surface area contributed by atoms with Gasteiger partial charge in [0, 0.05) is 4.47 Å². The van der Waals surface area contributed by atoms with E-state index in [9.17, 15) is 9.59 Å². The Hall–Kier alpha value is -2.22. The highest BCUT2D eigenvalue weighted by molar-refractivity contribution is 9.10. The van der Waals surface area contributed by atoms with Crippen LogP contribution >= 0.6 is 15.9 Å². The first-order chi connectivity index (χ1) is 9.06. The monoisotopic (exact) mass is 324 g/mol. The van der Waals surface area contributed by atoms with Gasteiger partial charge in [0.25, 0.3) is 5.91 Å². The normalized spacial score (nSPS) is 10.2. The van der Waals surface area contributed by atoms with Crippen molar-refractivity contribution in [2.45, 2.75) is 6.54 Å². The first kappa shape index (κ1) is 13.2. The quantitative estimate of drug-likeness (QED) is 0.885. The Morgan fingerprint density at radius 3 is 2.79 bits per heavy atom. The number of anilines is 1. The lowest BCUT2D eigenvalue weighted by Gasteiger charge is -2.03. The molecule has 2 aromatic rings. The predicted molar refractivity (Wildman–Crippen MR) is 69.8 cm³/mol. The molecule has 0 saturated heterocycles. The molecule has 2 rings (SSSR count). The van der Waals surface area contributed by atoms with Gasteiger partial charge in [-0.3, -0.25) is 9.59 Å². The van der Waals surface area contributed by atoms with Crippen LogP contribution in [0.4, 0.5) is 5.82 Å². The summed E-state index contributed by atoms with van der Waals surface area (Å²) in [6, 6.07) is 6.93. The van der Waals surface area contributed by atoms with Crippen LogP contribution in [0.15, 0.2) is 34.9 Å². The van der Waals surface area contributed by atoms with Gasteiger partial charge in [0.05, 0.1) is 11.8 Å². The van der Waals surface area contributed by atoms with Gasteiger partial charge >= 0.3 is 5.97 Å². The summed E-state index contributed by atoms with van der Waals surface area (Å²) in [6.45, 7) is -0.308. The molecule has 0 radical (unpaired) electrons. The molecule has 0 unspecified atom stereocenters. The zero-order chi connectivity index (χ0) is 13.8. The highest BCUT2D eigenvalue weighted by Crippen LogP contribution is 2.16. The molecule has 1 heterocycles. The standard InChI is InChI=1S/C11H9BrN4O3/c12-8-4-2-1-3-7(8)11(19)13-9-5-16(15-14-9)6-10(17)18/h1-5H,6H2,(H,13,19)(H,17,18). The number of aromatic nitrogens is 3. The molecule has 98 valence electrons. The number of benzene rings is 1. The van der Waals surface area contributed by atoms with Crippen molar-refractivity contribution in [3.8, 4) is 0 Å². The molecule has 1 amide bonds. The second kappa shape index (κ2) is 5.61. The van der Waals surface area contributed by atoms with E-state index in [-0.39, 0.29) is 18.3 Å². The molecular weight excluding hydrogens is 316 g/mol. The molecule has 0 aliphatic carbocycles. The van der Waals surface area contributed by atoms with Gasteiger partial charge in [-0.1, -0.05) is 17.3 Å². The van der Waals surface area contributed by atoms with Crippen LogP contribution in [0.5, 0.6) is 0 Å². The first-order valence-electron chi connectivity index (χ1n) is 5.24. The van der Waals surface area contributed by atoms with Crippen molar-refractivity contribution >= 4 is 33.6 Å². The zero-order valence-corrected chi connectivity index (χ0v) is 11.2. The van der Waals surface area contributed by atoms with Crippen molar-refractivity contribution in [1.82, 2.24) is 15.0 Å². The Labute approximate surface area is 116 Å². The highest BCUT2D eigenvalue weighted by Gasteiger charge is 2.11. The minimum atomic E-state index is -1.03. The number of carboxylic acids is 1. The average Bonchev–Trinajstić information content (AvgIpc) is 2.76. The highest BCUT2D eigenvalue weighted by atomic mass is 79.9. The Kier molecular flexibility index (Phi) is 3.91. The number of halogens is 1. The van der Waals surface area contributed by atoms with Gasteiger partial charge in [-0.15, -0.1) is 5.10 Å². The third kappa shape index (κ3) is 3.38. The van der Waals surface area contributed by atoms with Gasteiger partial charge in [0.15, 0.2) is 5.82 Å². The predicted octanol–water partition coefficient (Wildman–Crippen LogP) is 1.38. The van der Waals surface area contributed by atoms with E-state index in [1.165, 1.54) is 6.20 Å². The number of hydrogen-bond donors (Lipinski definition) is 2. The van der Waals surface area contributed by atoms with Crippen molar-refractivity contribution in [1.29, 1.82) is 0 Å². The lowest BCUT2D eigenvalue weighted by Crippen LogP contribution is -2.12. The van der Waals surface area contributed by atoms with E-state index in [0.29, 0.717) is 10.0 Å². The van der Waals surface area contributed by atoms with Crippen LogP contribution in [0.1, 0.15) is 10.4 Å². The van der Waals surface area contributed by atoms with Gasteiger partial charge in [-0.25, -0.2) is 4.68 Å². The summed E-state index contributed by atoms with van der Waals surface area (Å²) in [4.78, 5) is 22.4. The second-order valence-corrected chi connectivity index (χ2v) is 4.48. The lowest BCUT2D eigenvalue weighted by atomic mass is 10.2. The third-order valence-electron chi connectivity index (χ3n) is 2.20. The lowest BCUT2D eigenvalue weighted by molar-refractivity contribution is -0.137. The molecule has 0 aliphatic heterocycles. The minimum Gasteiger partial charge on any atom is -0.480 e. The van der Waals surface area contributed by atoms with Crippen LogP contribution in [0.2, 0.25) is 0 Å². The van der Waals surface area contributed by atoms with E-state index in [1.807, 2.05) is 0 Å². The fraction of sp³-hybridized carbons (Fsp3) is 0.0909. The van der Waals surface area contributed by atoms with Gasteiger partial charge in [-0.2, -0.15) is 0 Å². The summed E-state index contributed by atoms with van der Waals surface area (Å²) < 4.78 is 1.78. The molecule has 8 heteroatoms. The topological polar surface area (TPSA) is 97.1 Å². The van der Waals surface area contributed by atoms with Crippen LogP contribution in [-0.4, -0.2) is 32.0 Å². The number of carbonyl (C=O) groups excluding carboxylic acids is 1. The number of amides is 1. The van der Waals surface area contributed by atoms with Gasteiger partial charge in [-0.05, 0) is 28.1 Å². The Bertz CT molecular complexity index is 626. The number of nitrogens with one attached hydrogen (secondary N) is 1. The number of hydrogen-bond acceptors (Lipinski definition) is 4. The molecule has 0 fully saturated rings. The maximum absolute atomic E-state index is 11.9. The summed E-state index contributed by atoms with van der Waals surface area (Å²) in [6.07, 6.45) is 1.35.